The lowest BCUT2D eigenvalue weighted by Gasteiger charge is -2.44. The van der Waals surface area contributed by atoms with E-state index < -0.39 is 326 Å². The minimum atomic E-state index is -4.38. The fourth-order valence-electron chi connectivity index (χ4n) is 5.97. The lowest BCUT2D eigenvalue weighted by atomic mass is 9.73. The van der Waals surface area contributed by atoms with Crippen molar-refractivity contribution < 1.29 is 57.6 Å². The molecule has 0 aliphatic carbocycles. The van der Waals surface area contributed by atoms with Crippen molar-refractivity contribution in [2.24, 2.45) is 0 Å². The maximum atomic E-state index is 10.4. The summed E-state index contributed by atoms with van der Waals surface area (Å²) in [5.74, 6) is 0. The van der Waals surface area contributed by atoms with Gasteiger partial charge in [0, 0.05) is 30.4 Å². The highest BCUT2D eigenvalue weighted by Crippen LogP contribution is 2.57. The number of benzene rings is 9. The van der Waals surface area contributed by atoms with Crippen LogP contribution in [0, 0.1) is 0 Å². The van der Waals surface area contributed by atoms with Crippen LogP contribution in [0.2, 0.25) is 0 Å². The van der Waals surface area contributed by atoms with Crippen LogP contribution >= 0.6 is 0 Å². The van der Waals surface area contributed by atoms with E-state index in [1.165, 1.54) is 0 Å². The molecule has 0 amide bonds. The van der Waals surface area contributed by atoms with Crippen LogP contribution in [0.15, 0.2) is 218 Å². The molecule has 9 aromatic rings. The van der Waals surface area contributed by atoms with Crippen molar-refractivity contribution in [2.75, 3.05) is 9.80 Å². The molecular weight excluding hydrogens is 689 g/mol. The molecule has 0 unspecified atom stereocenters. The zero-order valence-corrected chi connectivity index (χ0v) is 28.4. The van der Waals surface area contributed by atoms with Crippen LogP contribution < -0.4 is 9.80 Å². The average molecular weight is 773 g/mol. The molecule has 272 valence electrons. The van der Waals surface area contributed by atoms with Gasteiger partial charge in [-0.3, -0.25) is 0 Å². The minimum Gasteiger partial charge on any atom is -0.308 e. The monoisotopic (exact) mass is 773 g/mol. The van der Waals surface area contributed by atoms with Crippen LogP contribution in [-0.4, -0.2) is 0 Å². The van der Waals surface area contributed by atoms with Gasteiger partial charge in [0.2, 0.25) is 0 Å². The van der Waals surface area contributed by atoms with Gasteiger partial charge in [-0.05, 0) is 92.2 Å². The molecule has 1 aliphatic rings. The summed E-state index contributed by atoms with van der Waals surface area (Å²) in [5, 5.41) is -2.52. The zero-order chi connectivity index (χ0) is 74.7. The van der Waals surface area contributed by atoms with Crippen molar-refractivity contribution in [1.82, 2.24) is 0 Å². The summed E-state index contributed by atoms with van der Waals surface area (Å²) in [6.07, 6.45) is 0. The number of hydrogen-bond donors (Lipinski definition) is 0. The molecule has 2 nitrogen and oxygen atoms in total. The van der Waals surface area contributed by atoms with Crippen molar-refractivity contribution in [3.63, 3.8) is 0 Å². The molecule has 10 rings (SSSR count). The normalized spacial score (nSPS) is 23.7. The SMILES string of the molecule is [2H]c1c([2H])c([2H])c(-c2c([2H])c([2H])c(N(c3c([2H])c([2H])c(-c4c([2H])c([2H])c([2H])c([2H])c4[2H])c([2H])c3[2H])c3c([2H])c([2H])c4c([2H])c([2H])c([2H])c([2H])c4c3N3c4c([2H])c([2H])c([2H])c([2H])c4C(C([2H])([2H])[2H])(C([2H])([2H])[2H])c4c([2H])c([2H])c(-c5c([2H])c([2H])c([2H])c([2H])c5[2H])c([2H])c43)c([2H])c2[2H])c([2H])c1[2H]. The van der Waals surface area contributed by atoms with Crippen molar-refractivity contribution in [1.29, 1.82) is 0 Å². The van der Waals surface area contributed by atoms with Crippen LogP contribution in [-0.2, 0) is 5.41 Å². The molecule has 9 aromatic carbocycles. The van der Waals surface area contributed by atoms with Crippen LogP contribution in [0.5, 0.6) is 0 Å². The maximum absolute atomic E-state index is 10.4. The van der Waals surface area contributed by atoms with E-state index in [-0.39, 0.29) is 9.80 Å². The van der Waals surface area contributed by atoms with Gasteiger partial charge in [-0.15, -0.1) is 0 Å². The predicted octanol–water partition coefficient (Wildman–Crippen LogP) is 15.4. The van der Waals surface area contributed by atoms with Gasteiger partial charge in [-0.1, -0.05) is 189 Å². The summed E-state index contributed by atoms with van der Waals surface area (Å²) in [6, 6.07) is -48.9. The molecule has 2 heteroatoms. The van der Waals surface area contributed by atoms with E-state index in [0.717, 1.165) is 0 Å². The minimum absolute atomic E-state index is 0.0380. The van der Waals surface area contributed by atoms with E-state index in [2.05, 4.69) is 0 Å². The van der Waals surface area contributed by atoms with Crippen LogP contribution in [0.3, 0.4) is 0 Å². The molecule has 0 N–H and O–H groups in total. The standard InChI is InChI=1S/C55H42N2/c1-55(2)49-24-14-15-25-51(49)57(53-38-45(30-36-50(53)55)41-20-10-5-11-21-41)54-48-23-13-12-22-44(48)31-37-52(54)56(46-32-26-42(27-33-46)39-16-6-3-7-17-39)47-34-28-43(29-35-47)40-18-8-4-9-19-40/h3-38H,1-2H3/i1D3,2D3,3D,4D,5D,6D,7D,8D,9D,10D,11D,12D,13D,14D,15D,16D,17D,18D,19D,20D,21D,22D,23D,24D,25D,26D,27D,28D,29D,30D,31D,32D,33D,34D,35D,36D,37D,38D. The maximum Gasteiger partial charge on any atom is 0.0781 e. The first-order chi connectivity index (χ1) is 45.5. The Morgan fingerprint density at radius 3 is 1.49 bits per heavy atom. The summed E-state index contributed by atoms with van der Waals surface area (Å²) >= 11 is 0. The second kappa shape index (κ2) is 14.2. The van der Waals surface area contributed by atoms with Gasteiger partial charge in [-0.25, -0.2) is 0 Å². The predicted molar refractivity (Wildman–Crippen MR) is 242 cm³/mol. The van der Waals surface area contributed by atoms with Crippen LogP contribution in [0.4, 0.5) is 34.1 Å². The van der Waals surface area contributed by atoms with Crippen LogP contribution in [0.1, 0.15) is 82.4 Å². The first kappa shape index (κ1) is 11.7. The lowest BCUT2D eigenvalue weighted by molar-refractivity contribution is 0.632. The number of nitrogens with zero attached hydrogens (tertiary/aromatic N) is 2. The zero-order valence-electron chi connectivity index (χ0n) is 70.4. The van der Waals surface area contributed by atoms with Gasteiger partial charge >= 0.3 is 0 Å². The Morgan fingerprint density at radius 1 is 0.421 bits per heavy atom. The van der Waals surface area contributed by atoms with Gasteiger partial charge in [0.1, 0.15) is 0 Å². The Morgan fingerprint density at radius 2 is 0.895 bits per heavy atom. The molecule has 0 spiro atoms. The largest absolute Gasteiger partial charge is 0.308 e. The van der Waals surface area contributed by atoms with Gasteiger partial charge in [-0.2, -0.15) is 0 Å². The molecule has 57 heavy (non-hydrogen) atoms. The molecule has 1 aliphatic heterocycles. The summed E-state index contributed by atoms with van der Waals surface area (Å²) < 4.78 is 388. The Bertz CT molecular complexity index is 4910. The average Bonchev–Trinajstić information content (AvgIpc) is 0.658. The molecule has 0 bridgehead atoms. The number of para-hydroxylation sites is 1. The first-order valence-electron chi connectivity index (χ1n) is 37.3. The van der Waals surface area contributed by atoms with E-state index >= 15 is 0 Å². The first-order valence-corrected chi connectivity index (χ1v) is 16.3. The third kappa shape index (κ3) is 6.07. The van der Waals surface area contributed by atoms with E-state index in [4.69, 9.17) is 23.3 Å². The Balaban J connectivity index is 1.62. The molecular formula is C55H42N2. The summed E-state index contributed by atoms with van der Waals surface area (Å²) in [5.41, 5.74) is -23.9. The van der Waals surface area contributed by atoms with Crippen molar-refractivity contribution in [3.8, 4) is 33.4 Å². The summed E-state index contributed by atoms with van der Waals surface area (Å²) in [4.78, 5) is 0.172. The fraction of sp³-hybridized carbons (Fsp3) is 0.0545. The number of fused-ring (bicyclic) bond motifs is 3. The second-order valence-electron chi connectivity index (χ2n) is 11.8. The highest BCUT2D eigenvalue weighted by Gasteiger charge is 2.38. The van der Waals surface area contributed by atoms with Gasteiger partial charge < -0.3 is 9.80 Å². The fourth-order valence-corrected chi connectivity index (χ4v) is 5.97. The molecule has 0 aromatic heterocycles. The van der Waals surface area contributed by atoms with Crippen LogP contribution in [0.25, 0.3) is 44.2 Å². The van der Waals surface area contributed by atoms with E-state index in [1.54, 1.807) is 0 Å². The molecule has 0 saturated carbocycles. The summed E-state index contributed by atoms with van der Waals surface area (Å²) in [6.45, 7) is -8.75. The molecule has 0 radical (unpaired) electrons. The Labute approximate surface area is 394 Å². The van der Waals surface area contributed by atoms with Gasteiger partial charge in [0.05, 0.1) is 72.1 Å². The Kier molecular flexibility index (Phi) is 2.90. The highest BCUT2D eigenvalue weighted by atomic mass is 15.2. The topological polar surface area (TPSA) is 6.48 Å². The third-order valence-corrected chi connectivity index (χ3v) is 8.48. The quantitative estimate of drug-likeness (QED) is 0.159. The molecule has 0 fully saturated rings. The van der Waals surface area contributed by atoms with E-state index in [9.17, 15) is 34.3 Å². The van der Waals surface area contributed by atoms with E-state index in [1.807, 2.05) is 0 Å². The van der Waals surface area contributed by atoms with Crippen molar-refractivity contribution in [3.05, 3.63) is 229 Å². The van der Waals surface area contributed by atoms with Gasteiger partial charge in [0.25, 0.3) is 0 Å². The molecule has 0 atom stereocenters. The summed E-state index contributed by atoms with van der Waals surface area (Å²) in [7, 11) is 0. The Hall–Kier alpha value is -7.16. The number of rotatable bonds is 7. The van der Waals surface area contributed by atoms with Crippen molar-refractivity contribution >= 4 is 44.9 Å². The highest BCUT2D eigenvalue weighted by molar-refractivity contribution is 6.08. The second-order valence-corrected chi connectivity index (χ2v) is 11.8. The number of hydrogen-bond acceptors (Lipinski definition) is 2. The smallest absolute Gasteiger partial charge is 0.0781 e. The lowest BCUT2D eigenvalue weighted by Crippen LogP contribution is -2.31. The van der Waals surface area contributed by atoms with Gasteiger partial charge in [0.15, 0.2) is 0 Å². The molecule has 0 saturated heterocycles. The number of anilines is 6. The van der Waals surface area contributed by atoms with Crippen molar-refractivity contribution in [2.45, 2.75) is 19.1 Å². The molecule has 1 heterocycles. The van der Waals surface area contributed by atoms with E-state index in [0.29, 0.717) is 0 Å². The third-order valence-electron chi connectivity index (χ3n) is 8.48.